The summed E-state index contributed by atoms with van der Waals surface area (Å²) in [5, 5.41) is 16.1. The summed E-state index contributed by atoms with van der Waals surface area (Å²) in [6.45, 7) is 3.33. The van der Waals surface area contributed by atoms with E-state index in [-0.39, 0.29) is 5.82 Å². The van der Waals surface area contributed by atoms with Gasteiger partial charge in [0.05, 0.1) is 5.69 Å². The van der Waals surface area contributed by atoms with Crippen molar-refractivity contribution < 1.29 is 9.50 Å². The zero-order chi connectivity index (χ0) is 12.5. The van der Waals surface area contributed by atoms with Crippen molar-refractivity contribution in [1.29, 1.82) is 0 Å². The van der Waals surface area contributed by atoms with E-state index < -0.39 is 6.10 Å². The van der Waals surface area contributed by atoms with E-state index in [9.17, 15) is 9.50 Å². The number of hydrogen-bond acceptors (Lipinski definition) is 4. The average Bonchev–Trinajstić information content (AvgIpc) is 2.40. The fraction of sp³-hybridized carbons (Fsp3) is 0.385. The van der Waals surface area contributed by atoms with E-state index in [4.69, 9.17) is 0 Å². The minimum absolute atomic E-state index is 0.271. The molecule has 96 valence electrons. The van der Waals surface area contributed by atoms with Crippen LogP contribution in [0.3, 0.4) is 0 Å². The van der Waals surface area contributed by atoms with Crippen molar-refractivity contribution in [3.63, 3.8) is 0 Å². The molecule has 2 aliphatic rings. The van der Waals surface area contributed by atoms with E-state index in [1.54, 1.807) is 18.3 Å². The lowest BCUT2D eigenvalue weighted by atomic mass is 10.0. The molecule has 18 heavy (non-hydrogen) atoms. The highest BCUT2D eigenvalue weighted by atomic mass is 19.1. The van der Waals surface area contributed by atoms with Crippen LogP contribution in [0, 0.1) is 5.82 Å². The van der Waals surface area contributed by atoms with Crippen LogP contribution in [0.4, 0.5) is 15.8 Å². The van der Waals surface area contributed by atoms with Crippen molar-refractivity contribution in [2.24, 2.45) is 0 Å². The maximum atomic E-state index is 14.1. The Balaban J connectivity index is 1.97. The number of nitrogens with one attached hydrogen (secondary N) is 2. The molecule has 4 nitrogen and oxygen atoms in total. The molecular weight excluding hydrogens is 233 g/mol. The number of piperazine rings is 1. The molecule has 0 spiro atoms. The Morgan fingerprint density at radius 1 is 1.28 bits per heavy atom. The maximum absolute atomic E-state index is 14.1. The fourth-order valence-electron chi connectivity index (χ4n) is 2.43. The van der Waals surface area contributed by atoms with E-state index in [0.717, 1.165) is 31.9 Å². The quantitative estimate of drug-likeness (QED) is 0.700. The molecule has 1 fully saturated rings. The standard InChI is InChI=1S/C13H16FN3O/c14-10-7-9-11(16-2-1-13(9)18)8-12(10)17-5-3-15-4-6-17/h1-2,7-8,13,15-16,18H,3-6H2. The molecular formula is C13H16FN3O. The number of nitrogens with zero attached hydrogens (tertiary/aromatic N) is 1. The Kier molecular flexibility index (Phi) is 2.93. The van der Waals surface area contributed by atoms with Gasteiger partial charge in [-0.05, 0) is 24.4 Å². The van der Waals surface area contributed by atoms with Crippen LogP contribution in [0.15, 0.2) is 24.4 Å². The summed E-state index contributed by atoms with van der Waals surface area (Å²) < 4.78 is 14.1. The monoisotopic (exact) mass is 249 g/mol. The van der Waals surface area contributed by atoms with Crippen molar-refractivity contribution in [3.8, 4) is 0 Å². The van der Waals surface area contributed by atoms with Crippen LogP contribution in [-0.2, 0) is 0 Å². The summed E-state index contributed by atoms with van der Waals surface area (Å²) in [4.78, 5) is 2.03. The molecule has 0 radical (unpaired) electrons. The van der Waals surface area contributed by atoms with Gasteiger partial charge in [-0.2, -0.15) is 0 Å². The highest BCUT2D eigenvalue weighted by Crippen LogP contribution is 2.33. The lowest BCUT2D eigenvalue weighted by Crippen LogP contribution is -2.43. The lowest BCUT2D eigenvalue weighted by Gasteiger charge is -2.31. The number of fused-ring (bicyclic) bond motifs is 1. The van der Waals surface area contributed by atoms with Gasteiger partial charge in [0.25, 0.3) is 0 Å². The van der Waals surface area contributed by atoms with Crippen molar-refractivity contribution >= 4 is 11.4 Å². The summed E-state index contributed by atoms with van der Waals surface area (Å²) >= 11 is 0. The molecule has 5 heteroatoms. The number of rotatable bonds is 1. The van der Waals surface area contributed by atoms with Gasteiger partial charge in [-0.25, -0.2) is 4.39 Å². The predicted molar refractivity (Wildman–Crippen MR) is 69.2 cm³/mol. The first-order valence-electron chi connectivity index (χ1n) is 6.16. The molecule has 1 aromatic rings. The summed E-state index contributed by atoms with van der Waals surface area (Å²) in [7, 11) is 0. The van der Waals surface area contributed by atoms with Gasteiger partial charge in [-0.3, -0.25) is 0 Å². The van der Waals surface area contributed by atoms with Crippen molar-refractivity contribution in [2.45, 2.75) is 6.10 Å². The van der Waals surface area contributed by atoms with E-state index in [1.807, 2.05) is 4.90 Å². The minimum Gasteiger partial charge on any atom is -0.384 e. The van der Waals surface area contributed by atoms with E-state index >= 15 is 0 Å². The van der Waals surface area contributed by atoms with Gasteiger partial charge in [0.1, 0.15) is 11.9 Å². The number of halogens is 1. The maximum Gasteiger partial charge on any atom is 0.147 e. The highest BCUT2D eigenvalue weighted by Gasteiger charge is 2.20. The molecule has 0 saturated carbocycles. The molecule has 2 heterocycles. The summed E-state index contributed by atoms with van der Waals surface area (Å²) in [6, 6.07) is 3.20. The molecule has 1 unspecified atom stereocenters. The van der Waals surface area contributed by atoms with E-state index in [1.165, 1.54) is 6.07 Å². The average molecular weight is 249 g/mol. The van der Waals surface area contributed by atoms with Crippen molar-refractivity contribution in [2.75, 3.05) is 36.4 Å². The normalized spacial score (nSPS) is 22.6. The molecule has 1 aromatic carbocycles. The lowest BCUT2D eigenvalue weighted by molar-refractivity contribution is 0.227. The summed E-state index contributed by atoms with van der Waals surface area (Å²) in [6.07, 6.45) is 2.56. The van der Waals surface area contributed by atoms with Gasteiger partial charge in [0, 0.05) is 37.4 Å². The minimum atomic E-state index is -0.729. The number of benzene rings is 1. The number of anilines is 2. The van der Waals surface area contributed by atoms with Gasteiger partial charge in [0.2, 0.25) is 0 Å². The largest absolute Gasteiger partial charge is 0.384 e. The second kappa shape index (κ2) is 4.59. The second-order valence-corrected chi connectivity index (χ2v) is 4.58. The topological polar surface area (TPSA) is 47.5 Å². The summed E-state index contributed by atoms with van der Waals surface area (Å²) in [5.74, 6) is -0.271. The molecule has 0 amide bonds. The third-order valence-electron chi connectivity index (χ3n) is 3.41. The van der Waals surface area contributed by atoms with Crippen LogP contribution < -0.4 is 15.5 Å². The Labute approximate surface area is 105 Å². The van der Waals surface area contributed by atoms with Gasteiger partial charge >= 0.3 is 0 Å². The molecule has 0 bridgehead atoms. The van der Waals surface area contributed by atoms with Crippen LogP contribution in [0.2, 0.25) is 0 Å². The van der Waals surface area contributed by atoms with Gasteiger partial charge in [0.15, 0.2) is 0 Å². The van der Waals surface area contributed by atoms with Crippen molar-refractivity contribution in [1.82, 2.24) is 5.32 Å². The van der Waals surface area contributed by atoms with Crippen molar-refractivity contribution in [3.05, 3.63) is 35.8 Å². The van der Waals surface area contributed by atoms with Crippen LogP contribution in [-0.4, -0.2) is 31.3 Å². The second-order valence-electron chi connectivity index (χ2n) is 4.58. The third kappa shape index (κ3) is 1.95. The molecule has 0 aromatic heterocycles. The van der Waals surface area contributed by atoms with Gasteiger partial charge < -0.3 is 20.6 Å². The Morgan fingerprint density at radius 2 is 2.06 bits per heavy atom. The Hall–Kier alpha value is -1.59. The molecule has 2 aliphatic heterocycles. The third-order valence-corrected chi connectivity index (χ3v) is 3.41. The predicted octanol–water partition coefficient (Wildman–Crippen LogP) is 1.21. The molecule has 1 saturated heterocycles. The zero-order valence-electron chi connectivity index (χ0n) is 9.99. The summed E-state index contributed by atoms with van der Waals surface area (Å²) in [5.41, 5.74) is 1.97. The Bertz CT molecular complexity index is 483. The SMILES string of the molecule is OC1C=CNc2cc(N3CCNCC3)c(F)cc21. The number of aliphatic hydroxyl groups excluding tert-OH is 1. The van der Waals surface area contributed by atoms with Crippen LogP contribution in [0.5, 0.6) is 0 Å². The molecule has 3 N–H and O–H groups in total. The molecule has 3 rings (SSSR count). The van der Waals surface area contributed by atoms with Crippen LogP contribution >= 0.6 is 0 Å². The molecule has 0 aliphatic carbocycles. The Morgan fingerprint density at radius 3 is 2.83 bits per heavy atom. The van der Waals surface area contributed by atoms with Gasteiger partial charge in [-0.15, -0.1) is 0 Å². The smallest absolute Gasteiger partial charge is 0.147 e. The van der Waals surface area contributed by atoms with Gasteiger partial charge in [-0.1, -0.05) is 0 Å². The first-order valence-corrected chi connectivity index (χ1v) is 6.16. The van der Waals surface area contributed by atoms with E-state index in [2.05, 4.69) is 10.6 Å². The number of hydrogen-bond donors (Lipinski definition) is 3. The molecule has 1 atom stereocenters. The number of aliphatic hydroxyl groups is 1. The van der Waals surface area contributed by atoms with Crippen LogP contribution in [0.1, 0.15) is 11.7 Å². The fourth-order valence-corrected chi connectivity index (χ4v) is 2.43. The van der Waals surface area contributed by atoms with Crippen LogP contribution in [0.25, 0.3) is 0 Å². The van der Waals surface area contributed by atoms with E-state index in [0.29, 0.717) is 11.3 Å². The highest BCUT2D eigenvalue weighted by molar-refractivity contribution is 5.66. The first-order chi connectivity index (χ1) is 8.75. The first kappa shape index (κ1) is 11.5. The zero-order valence-corrected chi connectivity index (χ0v) is 9.99.